The first-order valence-corrected chi connectivity index (χ1v) is 7.20. The fourth-order valence-electron chi connectivity index (χ4n) is 3.04. The quantitative estimate of drug-likeness (QED) is 0.757. The molecular weight excluding hydrogens is 214 g/mol. The van der Waals surface area contributed by atoms with E-state index in [0.717, 1.165) is 25.3 Å². The Morgan fingerprint density at radius 2 is 2.00 bits per heavy atom. The van der Waals surface area contributed by atoms with Crippen LogP contribution in [-0.2, 0) is 9.63 Å². The zero-order valence-corrected chi connectivity index (χ0v) is 11.0. The number of hydrogen-bond donors (Lipinski definition) is 0. The highest BCUT2D eigenvalue weighted by atomic mass is 16.7. The molecule has 1 aliphatic carbocycles. The lowest BCUT2D eigenvalue weighted by Crippen LogP contribution is -2.37. The van der Waals surface area contributed by atoms with E-state index in [1.807, 2.05) is 0 Å². The van der Waals surface area contributed by atoms with E-state index in [4.69, 9.17) is 4.84 Å². The van der Waals surface area contributed by atoms with Crippen LogP contribution in [0.1, 0.15) is 58.3 Å². The third kappa shape index (κ3) is 3.70. The average molecular weight is 239 g/mol. The van der Waals surface area contributed by atoms with Gasteiger partial charge in [0.1, 0.15) is 0 Å². The summed E-state index contributed by atoms with van der Waals surface area (Å²) in [5, 5.41) is 1.60. The zero-order valence-electron chi connectivity index (χ0n) is 11.0. The summed E-state index contributed by atoms with van der Waals surface area (Å²) in [7, 11) is 0. The highest BCUT2D eigenvalue weighted by molar-refractivity contribution is 5.75. The van der Waals surface area contributed by atoms with E-state index >= 15 is 0 Å². The molecule has 2 aliphatic rings. The SMILES string of the molecule is CC(CC(=O)N1CCCCO1)C1CCCCC1. The number of hydroxylamine groups is 2. The number of rotatable bonds is 3. The lowest BCUT2D eigenvalue weighted by Gasteiger charge is -2.30. The maximum Gasteiger partial charge on any atom is 0.246 e. The molecule has 3 heteroatoms. The Labute approximate surface area is 104 Å². The number of hydrogen-bond acceptors (Lipinski definition) is 2. The van der Waals surface area contributed by atoms with Crippen LogP contribution in [0.2, 0.25) is 0 Å². The summed E-state index contributed by atoms with van der Waals surface area (Å²) < 4.78 is 0. The van der Waals surface area contributed by atoms with Crippen molar-refractivity contribution in [2.75, 3.05) is 13.2 Å². The standard InChI is InChI=1S/C14H25NO2/c1-12(13-7-3-2-4-8-13)11-14(16)15-9-5-6-10-17-15/h12-13H,2-11H2,1H3. The van der Waals surface area contributed by atoms with Gasteiger partial charge in [0, 0.05) is 13.0 Å². The number of amides is 1. The van der Waals surface area contributed by atoms with E-state index in [-0.39, 0.29) is 5.91 Å². The molecule has 0 aromatic carbocycles. The van der Waals surface area contributed by atoms with E-state index in [9.17, 15) is 4.79 Å². The predicted octanol–water partition coefficient (Wildman–Crippen LogP) is 3.15. The molecule has 0 spiro atoms. The van der Waals surface area contributed by atoms with Gasteiger partial charge in [-0.15, -0.1) is 0 Å². The molecule has 0 aromatic rings. The molecule has 1 heterocycles. The number of nitrogens with zero attached hydrogens (tertiary/aromatic N) is 1. The van der Waals surface area contributed by atoms with Crippen molar-refractivity contribution < 1.29 is 9.63 Å². The first-order valence-electron chi connectivity index (χ1n) is 7.20. The van der Waals surface area contributed by atoms with Crippen LogP contribution in [-0.4, -0.2) is 24.1 Å². The monoisotopic (exact) mass is 239 g/mol. The van der Waals surface area contributed by atoms with Crippen molar-refractivity contribution in [2.24, 2.45) is 11.8 Å². The van der Waals surface area contributed by atoms with Crippen LogP contribution in [0.25, 0.3) is 0 Å². The van der Waals surface area contributed by atoms with Gasteiger partial charge < -0.3 is 0 Å². The second-order valence-corrected chi connectivity index (χ2v) is 5.62. The Hall–Kier alpha value is -0.570. The third-order valence-electron chi connectivity index (χ3n) is 4.23. The fourth-order valence-corrected chi connectivity index (χ4v) is 3.04. The van der Waals surface area contributed by atoms with Crippen LogP contribution in [0.5, 0.6) is 0 Å². The van der Waals surface area contributed by atoms with Crippen molar-refractivity contribution in [1.29, 1.82) is 0 Å². The summed E-state index contributed by atoms with van der Waals surface area (Å²) >= 11 is 0. The van der Waals surface area contributed by atoms with E-state index in [1.165, 1.54) is 32.1 Å². The van der Waals surface area contributed by atoms with E-state index < -0.39 is 0 Å². The van der Waals surface area contributed by atoms with Gasteiger partial charge in [-0.05, 0) is 24.7 Å². The largest absolute Gasteiger partial charge is 0.273 e. The molecule has 0 aromatic heterocycles. The average Bonchev–Trinajstić information content (AvgIpc) is 2.40. The first kappa shape index (κ1) is 12.9. The lowest BCUT2D eigenvalue weighted by molar-refractivity contribution is -0.198. The second-order valence-electron chi connectivity index (χ2n) is 5.62. The molecule has 0 radical (unpaired) electrons. The van der Waals surface area contributed by atoms with Crippen LogP contribution in [0.4, 0.5) is 0 Å². The molecule has 17 heavy (non-hydrogen) atoms. The number of carbonyl (C=O) groups excluding carboxylic acids is 1. The van der Waals surface area contributed by atoms with Crippen LogP contribution in [0.3, 0.4) is 0 Å². The molecule has 1 saturated carbocycles. The highest BCUT2D eigenvalue weighted by Gasteiger charge is 2.25. The fraction of sp³-hybridized carbons (Fsp3) is 0.929. The van der Waals surface area contributed by atoms with Gasteiger partial charge in [0.25, 0.3) is 0 Å². The Balaban J connectivity index is 1.76. The van der Waals surface area contributed by atoms with Crippen molar-refractivity contribution in [3.63, 3.8) is 0 Å². The second kappa shape index (κ2) is 6.39. The summed E-state index contributed by atoms with van der Waals surface area (Å²) in [6.07, 6.45) is 9.56. The Kier molecular flexibility index (Phi) is 4.84. The molecular formula is C14H25NO2. The summed E-state index contributed by atoms with van der Waals surface area (Å²) in [4.78, 5) is 17.5. The van der Waals surface area contributed by atoms with Gasteiger partial charge in [0.05, 0.1) is 6.61 Å². The molecule has 1 amide bonds. The van der Waals surface area contributed by atoms with Gasteiger partial charge in [-0.1, -0.05) is 39.0 Å². The molecule has 0 N–H and O–H groups in total. The summed E-state index contributed by atoms with van der Waals surface area (Å²) in [6, 6.07) is 0. The van der Waals surface area contributed by atoms with Crippen molar-refractivity contribution >= 4 is 5.91 Å². The van der Waals surface area contributed by atoms with Gasteiger partial charge >= 0.3 is 0 Å². The van der Waals surface area contributed by atoms with Gasteiger partial charge in [-0.3, -0.25) is 9.63 Å². The van der Waals surface area contributed by atoms with Gasteiger partial charge in [0.15, 0.2) is 0 Å². The van der Waals surface area contributed by atoms with E-state index in [2.05, 4.69) is 6.92 Å². The molecule has 98 valence electrons. The molecule has 1 aliphatic heterocycles. The van der Waals surface area contributed by atoms with Crippen molar-refractivity contribution in [3.05, 3.63) is 0 Å². The summed E-state index contributed by atoms with van der Waals surface area (Å²) in [5.41, 5.74) is 0. The topological polar surface area (TPSA) is 29.5 Å². The molecule has 1 atom stereocenters. The van der Waals surface area contributed by atoms with Crippen molar-refractivity contribution in [1.82, 2.24) is 5.06 Å². The molecule has 0 bridgehead atoms. The molecule has 3 nitrogen and oxygen atoms in total. The molecule has 1 saturated heterocycles. The normalized spacial score (nSPS) is 24.6. The van der Waals surface area contributed by atoms with Crippen molar-refractivity contribution in [2.45, 2.75) is 58.3 Å². The van der Waals surface area contributed by atoms with Gasteiger partial charge in [0.2, 0.25) is 5.91 Å². The number of carbonyl (C=O) groups is 1. The van der Waals surface area contributed by atoms with Gasteiger partial charge in [-0.2, -0.15) is 0 Å². The highest BCUT2D eigenvalue weighted by Crippen LogP contribution is 2.31. The minimum atomic E-state index is 0.197. The minimum Gasteiger partial charge on any atom is -0.273 e. The van der Waals surface area contributed by atoms with Crippen LogP contribution < -0.4 is 0 Å². The summed E-state index contributed by atoms with van der Waals surface area (Å²) in [5.74, 6) is 1.48. The minimum absolute atomic E-state index is 0.197. The first-order chi connectivity index (χ1) is 8.27. The maximum absolute atomic E-state index is 12.1. The van der Waals surface area contributed by atoms with Crippen LogP contribution in [0, 0.1) is 11.8 Å². The smallest absolute Gasteiger partial charge is 0.246 e. The van der Waals surface area contributed by atoms with Crippen LogP contribution >= 0.6 is 0 Å². The molecule has 2 rings (SSSR count). The molecule has 2 fully saturated rings. The lowest BCUT2D eigenvalue weighted by atomic mass is 9.79. The van der Waals surface area contributed by atoms with E-state index in [1.54, 1.807) is 5.06 Å². The summed E-state index contributed by atoms with van der Waals surface area (Å²) in [6.45, 7) is 3.73. The Morgan fingerprint density at radius 1 is 1.24 bits per heavy atom. The van der Waals surface area contributed by atoms with E-state index in [0.29, 0.717) is 18.9 Å². The Bertz CT molecular complexity index is 243. The van der Waals surface area contributed by atoms with Gasteiger partial charge in [-0.25, -0.2) is 5.06 Å². The zero-order chi connectivity index (χ0) is 12.1. The predicted molar refractivity (Wildman–Crippen MR) is 67.3 cm³/mol. The van der Waals surface area contributed by atoms with Crippen LogP contribution in [0.15, 0.2) is 0 Å². The Morgan fingerprint density at radius 3 is 2.65 bits per heavy atom. The molecule has 1 unspecified atom stereocenters. The van der Waals surface area contributed by atoms with Crippen molar-refractivity contribution in [3.8, 4) is 0 Å². The maximum atomic E-state index is 12.1. The third-order valence-corrected chi connectivity index (χ3v) is 4.23.